The SMILES string of the molecule is Cc1ccc(C(=O)C(C#N)C(=O)Nc2ccccc2)cc1C. The number of Topliss-reactive ketones (excluding diaryl/α,β-unsaturated/α-hetero) is 1. The van der Waals surface area contributed by atoms with E-state index in [1.54, 1.807) is 42.5 Å². The zero-order valence-corrected chi connectivity index (χ0v) is 12.5. The second-order valence-electron chi connectivity index (χ2n) is 5.08. The van der Waals surface area contributed by atoms with Crippen molar-refractivity contribution in [2.45, 2.75) is 13.8 Å². The lowest BCUT2D eigenvalue weighted by atomic mass is 9.95. The number of carbonyl (C=O) groups excluding carboxylic acids is 2. The quantitative estimate of drug-likeness (QED) is 0.694. The monoisotopic (exact) mass is 292 g/mol. The fourth-order valence-corrected chi connectivity index (χ4v) is 2.03. The van der Waals surface area contributed by atoms with Crippen LogP contribution in [-0.4, -0.2) is 11.7 Å². The van der Waals surface area contributed by atoms with Crippen LogP contribution in [0.1, 0.15) is 21.5 Å². The summed E-state index contributed by atoms with van der Waals surface area (Å²) < 4.78 is 0. The van der Waals surface area contributed by atoms with Crippen molar-refractivity contribution in [3.05, 3.63) is 65.2 Å². The van der Waals surface area contributed by atoms with Crippen molar-refractivity contribution in [2.75, 3.05) is 5.32 Å². The molecule has 2 aromatic carbocycles. The molecule has 1 unspecified atom stereocenters. The van der Waals surface area contributed by atoms with Crippen molar-refractivity contribution < 1.29 is 9.59 Å². The van der Waals surface area contributed by atoms with Crippen molar-refractivity contribution in [3.63, 3.8) is 0 Å². The Morgan fingerprint density at radius 1 is 1.05 bits per heavy atom. The summed E-state index contributed by atoms with van der Waals surface area (Å²) in [5.74, 6) is -2.46. The molecule has 0 spiro atoms. The number of ketones is 1. The average molecular weight is 292 g/mol. The number of anilines is 1. The molecule has 2 rings (SSSR count). The van der Waals surface area contributed by atoms with Crippen LogP contribution in [-0.2, 0) is 4.79 Å². The second-order valence-corrected chi connectivity index (χ2v) is 5.08. The summed E-state index contributed by atoms with van der Waals surface area (Å²) in [6.45, 7) is 3.82. The highest BCUT2D eigenvalue weighted by Crippen LogP contribution is 2.16. The van der Waals surface area contributed by atoms with Crippen LogP contribution in [0, 0.1) is 31.1 Å². The topological polar surface area (TPSA) is 70.0 Å². The molecule has 22 heavy (non-hydrogen) atoms. The van der Waals surface area contributed by atoms with Gasteiger partial charge in [-0.1, -0.05) is 30.3 Å². The fraction of sp³-hybridized carbons (Fsp3) is 0.167. The predicted molar refractivity (Wildman–Crippen MR) is 84.4 cm³/mol. The van der Waals surface area contributed by atoms with Crippen LogP contribution in [0.25, 0.3) is 0 Å². The number of amides is 1. The number of carbonyl (C=O) groups is 2. The first-order valence-electron chi connectivity index (χ1n) is 6.90. The fourth-order valence-electron chi connectivity index (χ4n) is 2.03. The number of nitrogens with one attached hydrogen (secondary N) is 1. The van der Waals surface area contributed by atoms with Crippen LogP contribution in [0.5, 0.6) is 0 Å². The number of hydrogen-bond acceptors (Lipinski definition) is 3. The molecule has 0 saturated carbocycles. The third kappa shape index (κ3) is 3.39. The molecule has 4 nitrogen and oxygen atoms in total. The molecule has 0 radical (unpaired) electrons. The Kier molecular flexibility index (Phi) is 4.70. The third-order valence-electron chi connectivity index (χ3n) is 3.49. The molecule has 0 bridgehead atoms. The molecule has 0 heterocycles. The third-order valence-corrected chi connectivity index (χ3v) is 3.49. The van der Waals surface area contributed by atoms with Gasteiger partial charge in [-0.05, 0) is 43.2 Å². The molecule has 0 aliphatic rings. The van der Waals surface area contributed by atoms with Crippen LogP contribution in [0.2, 0.25) is 0 Å². The van der Waals surface area contributed by atoms with E-state index >= 15 is 0 Å². The Bertz CT molecular complexity index is 745. The Balaban J connectivity index is 2.20. The van der Waals surface area contributed by atoms with Gasteiger partial charge in [-0.3, -0.25) is 9.59 Å². The molecule has 1 atom stereocenters. The second kappa shape index (κ2) is 6.68. The molecule has 1 N–H and O–H groups in total. The van der Waals surface area contributed by atoms with Crippen molar-refractivity contribution in [1.82, 2.24) is 0 Å². The summed E-state index contributed by atoms with van der Waals surface area (Å²) in [5.41, 5.74) is 2.93. The van der Waals surface area contributed by atoms with Crippen molar-refractivity contribution in [1.29, 1.82) is 5.26 Å². The van der Waals surface area contributed by atoms with Gasteiger partial charge in [-0.25, -0.2) is 0 Å². The van der Waals surface area contributed by atoms with E-state index in [0.29, 0.717) is 11.3 Å². The van der Waals surface area contributed by atoms with Gasteiger partial charge in [0.2, 0.25) is 5.91 Å². The number of benzene rings is 2. The summed E-state index contributed by atoms with van der Waals surface area (Å²) in [7, 11) is 0. The van der Waals surface area contributed by atoms with Crippen LogP contribution < -0.4 is 5.32 Å². The van der Waals surface area contributed by atoms with Crippen molar-refractivity contribution in [3.8, 4) is 6.07 Å². The number of aryl methyl sites for hydroxylation is 2. The molecule has 0 aliphatic carbocycles. The van der Waals surface area contributed by atoms with Gasteiger partial charge in [0.15, 0.2) is 11.7 Å². The van der Waals surface area contributed by atoms with Crippen molar-refractivity contribution in [2.24, 2.45) is 5.92 Å². The number of para-hydroxylation sites is 1. The summed E-state index contributed by atoms with van der Waals surface area (Å²) in [6, 6.07) is 15.7. The van der Waals surface area contributed by atoms with Gasteiger partial charge in [0.1, 0.15) is 0 Å². The molecule has 4 heteroatoms. The minimum absolute atomic E-state index is 0.373. The predicted octanol–water partition coefficient (Wildman–Crippen LogP) is 3.26. The first kappa shape index (κ1) is 15.5. The van der Waals surface area contributed by atoms with Gasteiger partial charge in [-0.15, -0.1) is 0 Å². The molecular weight excluding hydrogens is 276 g/mol. The Labute approximate surface area is 129 Å². The summed E-state index contributed by atoms with van der Waals surface area (Å²) in [4.78, 5) is 24.5. The van der Waals surface area contributed by atoms with Gasteiger partial charge in [0, 0.05) is 11.3 Å². The molecular formula is C18H16N2O2. The Morgan fingerprint density at radius 3 is 2.32 bits per heavy atom. The van der Waals surface area contributed by atoms with Gasteiger partial charge in [0.25, 0.3) is 0 Å². The van der Waals surface area contributed by atoms with E-state index in [-0.39, 0.29) is 0 Å². The maximum absolute atomic E-state index is 12.4. The van der Waals surface area contributed by atoms with Gasteiger partial charge < -0.3 is 5.32 Å². The maximum atomic E-state index is 12.4. The lowest BCUT2D eigenvalue weighted by Gasteiger charge is -2.10. The minimum Gasteiger partial charge on any atom is -0.325 e. The lowest BCUT2D eigenvalue weighted by molar-refractivity contribution is -0.117. The van der Waals surface area contributed by atoms with Gasteiger partial charge in [-0.2, -0.15) is 5.26 Å². The number of nitrogens with zero attached hydrogens (tertiary/aromatic N) is 1. The van der Waals surface area contributed by atoms with Crippen LogP contribution >= 0.6 is 0 Å². The largest absolute Gasteiger partial charge is 0.325 e. The lowest BCUT2D eigenvalue weighted by Crippen LogP contribution is -2.28. The highest BCUT2D eigenvalue weighted by atomic mass is 16.2. The van der Waals surface area contributed by atoms with Crippen LogP contribution in [0.3, 0.4) is 0 Å². The average Bonchev–Trinajstić information content (AvgIpc) is 2.51. The molecule has 0 fully saturated rings. The summed E-state index contributed by atoms with van der Waals surface area (Å²) in [6.07, 6.45) is 0. The van der Waals surface area contributed by atoms with E-state index in [4.69, 9.17) is 0 Å². The molecule has 2 aromatic rings. The van der Waals surface area contributed by atoms with Gasteiger partial charge >= 0.3 is 0 Å². The number of nitriles is 1. The molecule has 1 amide bonds. The zero-order chi connectivity index (χ0) is 16.1. The van der Waals surface area contributed by atoms with E-state index in [1.165, 1.54) is 0 Å². The highest BCUT2D eigenvalue weighted by molar-refractivity contribution is 6.15. The molecule has 0 aromatic heterocycles. The van der Waals surface area contributed by atoms with Crippen LogP contribution in [0.4, 0.5) is 5.69 Å². The number of rotatable bonds is 4. The Morgan fingerprint density at radius 2 is 1.73 bits per heavy atom. The van der Waals surface area contributed by atoms with E-state index < -0.39 is 17.6 Å². The maximum Gasteiger partial charge on any atom is 0.249 e. The van der Waals surface area contributed by atoms with E-state index in [2.05, 4.69) is 5.32 Å². The molecule has 0 saturated heterocycles. The van der Waals surface area contributed by atoms with Gasteiger partial charge in [0.05, 0.1) is 6.07 Å². The first-order chi connectivity index (χ1) is 10.5. The smallest absolute Gasteiger partial charge is 0.249 e. The Hall–Kier alpha value is -2.93. The zero-order valence-electron chi connectivity index (χ0n) is 12.5. The van der Waals surface area contributed by atoms with Crippen LogP contribution in [0.15, 0.2) is 48.5 Å². The summed E-state index contributed by atoms with van der Waals surface area (Å²) in [5, 5.41) is 11.8. The van der Waals surface area contributed by atoms with E-state index in [1.807, 2.05) is 26.0 Å². The molecule has 110 valence electrons. The standard InChI is InChI=1S/C18H16N2O2/c1-12-8-9-14(10-13(12)2)17(21)16(11-19)18(22)20-15-6-4-3-5-7-15/h3-10,16H,1-2H3,(H,20,22). The molecule has 0 aliphatic heterocycles. The van der Waals surface area contributed by atoms with E-state index in [0.717, 1.165) is 11.1 Å². The highest BCUT2D eigenvalue weighted by Gasteiger charge is 2.27. The van der Waals surface area contributed by atoms with E-state index in [9.17, 15) is 14.9 Å². The first-order valence-corrected chi connectivity index (χ1v) is 6.90. The summed E-state index contributed by atoms with van der Waals surface area (Å²) >= 11 is 0. The minimum atomic E-state index is -1.36. The normalized spacial score (nSPS) is 11.3. The van der Waals surface area contributed by atoms with Crippen molar-refractivity contribution >= 4 is 17.4 Å². The number of hydrogen-bond donors (Lipinski definition) is 1.